The average Bonchev–Trinajstić information content (AvgIpc) is 3.11. The number of aromatic nitrogens is 2. The van der Waals surface area contributed by atoms with Crippen LogP contribution in [0, 0.1) is 11.8 Å². The minimum atomic E-state index is -0.0550. The van der Waals surface area contributed by atoms with Gasteiger partial charge in [-0.1, -0.05) is 11.3 Å². The van der Waals surface area contributed by atoms with Gasteiger partial charge in [-0.25, -0.2) is 4.79 Å². The molecule has 1 N–H and O–H groups in total. The highest BCUT2D eigenvalue weighted by Crippen LogP contribution is 2.47. The van der Waals surface area contributed by atoms with Crippen LogP contribution in [0.3, 0.4) is 0 Å². The molecule has 0 radical (unpaired) electrons. The van der Waals surface area contributed by atoms with E-state index in [4.69, 9.17) is 4.74 Å². The molecule has 0 aromatic carbocycles. The highest BCUT2D eigenvalue weighted by atomic mass is 32.1. The number of fused-ring (bicyclic) bond motifs is 5. The number of likely N-dealkylation sites (tertiary alicyclic amines) is 1. The van der Waals surface area contributed by atoms with Crippen molar-refractivity contribution in [1.29, 1.82) is 0 Å². The smallest absolute Gasteiger partial charge is 0.323 e. The van der Waals surface area contributed by atoms with Crippen LogP contribution in [0.1, 0.15) is 12.8 Å². The number of hydrogen-bond donors (Lipinski definition) is 1. The van der Waals surface area contributed by atoms with Crippen LogP contribution in [0.2, 0.25) is 0 Å². The summed E-state index contributed by atoms with van der Waals surface area (Å²) in [6.45, 7) is 1.63. The molecule has 96 valence electrons. The number of anilines is 1. The SMILES string of the molecule is O=C(Nc1nncs1)N1C[C@@H]2[C@H](C1)[C@H]1CC[C@@H]2O1. The molecule has 7 heteroatoms. The van der Waals surface area contributed by atoms with E-state index in [0.29, 0.717) is 29.2 Å². The zero-order valence-corrected chi connectivity index (χ0v) is 10.6. The topological polar surface area (TPSA) is 67.4 Å². The van der Waals surface area contributed by atoms with Gasteiger partial charge >= 0.3 is 6.03 Å². The fraction of sp³-hybridized carbons (Fsp3) is 0.727. The summed E-state index contributed by atoms with van der Waals surface area (Å²) in [5, 5.41) is 10.9. The lowest BCUT2D eigenvalue weighted by Gasteiger charge is -2.18. The van der Waals surface area contributed by atoms with Crippen LogP contribution < -0.4 is 5.32 Å². The monoisotopic (exact) mass is 266 g/mol. The van der Waals surface area contributed by atoms with Gasteiger partial charge < -0.3 is 9.64 Å². The van der Waals surface area contributed by atoms with Crippen LogP contribution in [0.4, 0.5) is 9.93 Å². The number of nitrogens with zero attached hydrogens (tertiary/aromatic N) is 3. The summed E-state index contributed by atoms with van der Waals surface area (Å²) >= 11 is 1.34. The van der Waals surface area contributed by atoms with Gasteiger partial charge in [0.05, 0.1) is 12.2 Å². The number of nitrogens with one attached hydrogen (secondary N) is 1. The Labute approximate surface area is 108 Å². The Morgan fingerprint density at radius 2 is 2.11 bits per heavy atom. The number of carbonyl (C=O) groups excluding carboxylic acids is 1. The van der Waals surface area contributed by atoms with Gasteiger partial charge in [0.2, 0.25) is 5.13 Å². The number of urea groups is 1. The molecule has 4 atom stereocenters. The molecule has 6 nitrogen and oxygen atoms in total. The summed E-state index contributed by atoms with van der Waals surface area (Å²) in [4.78, 5) is 14.0. The van der Waals surface area contributed by atoms with Gasteiger partial charge in [-0.2, -0.15) is 0 Å². The number of ether oxygens (including phenoxy) is 1. The molecule has 3 fully saturated rings. The first-order valence-electron chi connectivity index (χ1n) is 6.29. The summed E-state index contributed by atoms with van der Waals surface area (Å²) in [6.07, 6.45) is 3.11. The van der Waals surface area contributed by atoms with E-state index >= 15 is 0 Å². The van der Waals surface area contributed by atoms with Crippen LogP contribution in [0.25, 0.3) is 0 Å². The Balaban J connectivity index is 1.44. The van der Waals surface area contributed by atoms with E-state index in [1.807, 2.05) is 4.90 Å². The van der Waals surface area contributed by atoms with E-state index < -0.39 is 0 Å². The minimum absolute atomic E-state index is 0.0550. The molecule has 18 heavy (non-hydrogen) atoms. The van der Waals surface area contributed by atoms with E-state index in [-0.39, 0.29) is 6.03 Å². The second kappa shape index (κ2) is 3.89. The minimum Gasteiger partial charge on any atom is -0.374 e. The van der Waals surface area contributed by atoms with Gasteiger partial charge in [0, 0.05) is 24.9 Å². The van der Waals surface area contributed by atoms with Gasteiger partial charge in [0.25, 0.3) is 0 Å². The van der Waals surface area contributed by atoms with Gasteiger partial charge in [0.15, 0.2) is 0 Å². The van der Waals surface area contributed by atoms with Crippen molar-refractivity contribution in [3.63, 3.8) is 0 Å². The molecule has 2 bridgehead atoms. The Morgan fingerprint density at radius 3 is 2.72 bits per heavy atom. The van der Waals surface area contributed by atoms with Crippen LogP contribution in [-0.2, 0) is 4.74 Å². The van der Waals surface area contributed by atoms with E-state index in [9.17, 15) is 4.79 Å². The second-order valence-electron chi connectivity index (χ2n) is 5.20. The van der Waals surface area contributed by atoms with Crippen molar-refractivity contribution in [2.75, 3.05) is 18.4 Å². The molecule has 4 rings (SSSR count). The largest absolute Gasteiger partial charge is 0.374 e. The summed E-state index contributed by atoms with van der Waals surface area (Å²) < 4.78 is 5.89. The Kier molecular flexibility index (Phi) is 2.31. The van der Waals surface area contributed by atoms with Crippen molar-refractivity contribution in [2.24, 2.45) is 11.8 Å². The van der Waals surface area contributed by atoms with E-state index in [1.165, 1.54) is 11.3 Å². The highest BCUT2D eigenvalue weighted by Gasteiger charge is 2.53. The zero-order chi connectivity index (χ0) is 12.1. The molecular weight excluding hydrogens is 252 g/mol. The third-order valence-corrected chi connectivity index (χ3v) is 4.92. The zero-order valence-electron chi connectivity index (χ0n) is 9.78. The van der Waals surface area contributed by atoms with Crippen molar-refractivity contribution in [1.82, 2.24) is 15.1 Å². The number of carbonyl (C=O) groups is 1. The van der Waals surface area contributed by atoms with Crippen LogP contribution in [0.5, 0.6) is 0 Å². The van der Waals surface area contributed by atoms with Crippen molar-refractivity contribution in [2.45, 2.75) is 25.0 Å². The van der Waals surface area contributed by atoms with Gasteiger partial charge in [-0.15, -0.1) is 10.2 Å². The van der Waals surface area contributed by atoms with E-state index in [2.05, 4.69) is 15.5 Å². The molecule has 3 aliphatic heterocycles. The molecule has 1 aromatic rings. The third-order valence-electron chi connectivity index (χ3n) is 4.31. The molecule has 0 spiro atoms. The van der Waals surface area contributed by atoms with E-state index in [0.717, 1.165) is 25.9 Å². The van der Waals surface area contributed by atoms with Crippen molar-refractivity contribution < 1.29 is 9.53 Å². The summed E-state index contributed by atoms with van der Waals surface area (Å²) in [5.74, 6) is 1.09. The third kappa shape index (κ3) is 1.54. The predicted octanol–water partition coefficient (Wildman–Crippen LogP) is 1.18. The number of rotatable bonds is 1. The first-order valence-corrected chi connectivity index (χ1v) is 7.17. The van der Waals surface area contributed by atoms with Crippen molar-refractivity contribution >= 4 is 22.5 Å². The molecule has 0 saturated carbocycles. The van der Waals surface area contributed by atoms with E-state index in [1.54, 1.807) is 5.51 Å². The summed E-state index contributed by atoms with van der Waals surface area (Å²) in [7, 11) is 0. The van der Waals surface area contributed by atoms with Crippen LogP contribution >= 0.6 is 11.3 Å². The highest BCUT2D eigenvalue weighted by molar-refractivity contribution is 7.13. The lowest BCUT2D eigenvalue weighted by Crippen LogP contribution is -2.35. The molecule has 0 aliphatic carbocycles. The number of hydrogen-bond acceptors (Lipinski definition) is 5. The lowest BCUT2D eigenvalue weighted by atomic mass is 9.82. The van der Waals surface area contributed by atoms with Crippen LogP contribution in [-0.4, -0.2) is 46.4 Å². The molecule has 0 unspecified atom stereocenters. The molecule has 2 amide bonds. The maximum atomic E-state index is 12.1. The summed E-state index contributed by atoms with van der Waals surface area (Å²) in [6, 6.07) is -0.0550. The molecule has 4 heterocycles. The molecule has 1 aromatic heterocycles. The fourth-order valence-electron chi connectivity index (χ4n) is 3.52. The Hall–Kier alpha value is -1.21. The maximum absolute atomic E-state index is 12.1. The normalized spacial score (nSPS) is 37.0. The maximum Gasteiger partial charge on any atom is 0.323 e. The standard InChI is InChI=1S/C11H14N4O2S/c16-11(13-10-14-12-5-18-10)15-3-6-7(4-15)9-2-1-8(6)17-9/h5-9H,1-4H2,(H,13,14,16)/t6-,7+,8+,9-. The summed E-state index contributed by atoms with van der Waals surface area (Å²) in [5.41, 5.74) is 1.61. The van der Waals surface area contributed by atoms with Crippen LogP contribution in [0.15, 0.2) is 5.51 Å². The lowest BCUT2D eigenvalue weighted by molar-refractivity contribution is 0.0747. The first kappa shape index (κ1) is 10.7. The average molecular weight is 266 g/mol. The molecule has 3 aliphatic rings. The van der Waals surface area contributed by atoms with Crippen molar-refractivity contribution in [3.8, 4) is 0 Å². The first-order chi connectivity index (χ1) is 8.81. The van der Waals surface area contributed by atoms with Gasteiger partial charge in [0.1, 0.15) is 5.51 Å². The Morgan fingerprint density at radius 1 is 1.39 bits per heavy atom. The number of amides is 2. The quantitative estimate of drug-likeness (QED) is 0.829. The second-order valence-corrected chi connectivity index (χ2v) is 6.03. The van der Waals surface area contributed by atoms with Gasteiger partial charge in [-0.05, 0) is 12.8 Å². The fourth-order valence-corrected chi connectivity index (χ4v) is 3.96. The van der Waals surface area contributed by atoms with Crippen molar-refractivity contribution in [3.05, 3.63) is 5.51 Å². The van der Waals surface area contributed by atoms with Gasteiger partial charge in [-0.3, -0.25) is 5.32 Å². The predicted molar refractivity (Wildman–Crippen MR) is 65.4 cm³/mol. The molecule has 3 saturated heterocycles. The molecular formula is C11H14N4O2S. The Bertz CT molecular complexity index is 448.